The minimum Gasteiger partial charge on any atom is -0.379 e. The van der Waals surface area contributed by atoms with Crippen LogP contribution in [-0.2, 0) is 6.54 Å². The van der Waals surface area contributed by atoms with E-state index in [1.54, 1.807) is 0 Å². The SMILES string of the molecule is Nc1nc2[nH]cc(C[NH2+]CCNc3ccccc3)c2c(=O)[nH]1. The van der Waals surface area contributed by atoms with Gasteiger partial charge in [-0.25, -0.2) is 0 Å². The van der Waals surface area contributed by atoms with Crippen molar-refractivity contribution in [3.8, 4) is 0 Å². The molecular formula is C15H19N6O+. The van der Waals surface area contributed by atoms with Crippen molar-refractivity contribution >= 4 is 22.7 Å². The van der Waals surface area contributed by atoms with Gasteiger partial charge >= 0.3 is 0 Å². The summed E-state index contributed by atoms with van der Waals surface area (Å²) in [7, 11) is 0. The Hall–Kier alpha value is -2.80. The van der Waals surface area contributed by atoms with Gasteiger partial charge in [0.1, 0.15) is 12.2 Å². The second kappa shape index (κ2) is 6.31. The highest BCUT2D eigenvalue weighted by molar-refractivity contribution is 5.79. The molecule has 1 aromatic carbocycles. The van der Waals surface area contributed by atoms with Crippen molar-refractivity contribution in [1.82, 2.24) is 15.0 Å². The lowest BCUT2D eigenvalue weighted by molar-refractivity contribution is -0.667. The number of anilines is 2. The molecule has 0 saturated heterocycles. The number of aromatic nitrogens is 3. The van der Waals surface area contributed by atoms with E-state index in [-0.39, 0.29) is 11.5 Å². The standard InChI is InChI=1S/C15H18N6O/c16-15-20-13-12(14(22)21-15)10(9-19-13)8-17-6-7-18-11-4-2-1-3-5-11/h1-5,9,17-18H,6-8H2,(H4,16,19,20,21,22)/p+1. The van der Waals surface area contributed by atoms with Crippen molar-refractivity contribution < 1.29 is 5.32 Å². The van der Waals surface area contributed by atoms with E-state index < -0.39 is 0 Å². The predicted molar refractivity (Wildman–Crippen MR) is 86.6 cm³/mol. The second-order valence-corrected chi connectivity index (χ2v) is 5.06. The van der Waals surface area contributed by atoms with Gasteiger partial charge in [-0.3, -0.25) is 9.78 Å². The normalized spacial score (nSPS) is 10.9. The molecule has 0 radical (unpaired) electrons. The number of nitrogens with one attached hydrogen (secondary N) is 3. The highest BCUT2D eigenvalue weighted by atomic mass is 16.1. The molecule has 0 unspecified atom stereocenters. The van der Waals surface area contributed by atoms with Crippen LogP contribution < -0.4 is 21.9 Å². The quantitative estimate of drug-likeness (QED) is 0.412. The smallest absolute Gasteiger partial charge is 0.262 e. The van der Waals surface area contributed by atoms with Crippen LogP contribution >= 0.6 is 0 Å². The van der Waals surface area contributed by atoms with Crippen LogP contribution in [0.3, 0.4) is 0 Å². The summed E-state index contributed by atoms with van der Waals surface area (Å²) in [4.78, 5) is 21.5. The Bertz CT molecular complexity index is 808. The average Bonchev–Trinajstić information content (AvgIpc) is 2.91. The van der Waals surface area contributed by atoms with Crippen molar-refractivity contribution in [2.24, 2.45) is 0 Å². The highest BCUT2D eigenvalue weighted by Gasteiger charge is 2.10. The van der Waals surface area contributed by atoms with Gasteiger partial charge in [0, 0.05) is 17.4 Å². The number of quaternary nitrogens is 1. The topological polar surface area (TPSA) is 116 Å². The molecule has 0 fully saturated rings. The van der Waals surface area contributed by atoms with E-state index in [9.17, 15) is 4.79 Å². The third-order valence-corrected chi connectivity index (χ3v) is 3.46. The zero-order valence-corrected chi connectivity index (χ0v) is 12.1. The van der Waals surface area contributed by atoms with Crippen LogP contribution in [0.5, 0.6) is 0 Å². The Labute approximate surface area is 127 Å². The number of para-hydroxylation sites is 1. The minimum absolute atomic E-state index is 0.127. The molecule has 2 aromatic heterocycles. The molecule has 114 valence electrons. The maximum Gasteiger partial charge on any atom is 0.262 e. The fraction of sp³-hybridized carbons (Fsp3) is 0.200. The number of H-pyrrole nitrogens is 2. The van der Waals surface area contributed by atoms with Crippen molar-refractivity contribution in [3.63, 3.8) is 0 Å². The number of nitrogen functional groups attached to an aromatic ring is 1. The van der Waals surface area contributed by atoms with Gasteiger partial charge in [0.25, 0.3) is 5.56 Å². The van der Waals surface area contributed by atoms with Crippen LogP contribution in [0.1, 0.15) is 5.56 Å². The molecule has 7 heteroatoms. The van der Waals surface area contributed by atoms with Crippen molar-refractivity contribution in [2.75, 3.05) is 24.1 Å². The van der Waals surface area contributed by atoms with Crippen LogP contribution in [0, 0.1) is 0 Å². The Morgan fingerprint density at radius 1 is 1.27 bits per heavy atom. The highest BCUT2D eigenvalue weighted by Crippen LogP contribution is 2.10. The van der Waals surface area contributed by atoms with Gasteiger partial charge in [0.05, 0.1) is 18.5 Å². The summed E-state index contributed by atoms with van der Waals surface area (Å²) in [6.07, 6.45) is 1.81. The largest absolute Gasteiger partial charge is 0.379 e. The zero-order chi connectivity index (χ0) is 15.4. The summed E-state index contributed by atoms with van der Waals surface area (Å²) in [5.41, 5.74) is 7.91. The van der Waals surface area contributed by atoms with E-state index in [1.165, 1.54) is 0 Å². The number of fused-ring (bicyclic) bond motifs is 1. The fourth-order valence-corrected chi connectivity index (χ4v) is 2.41. The molecule has 0 aliphatic carbocycles. The predicted octanol–water partition coefficient (Wildman–Crippen LogP) is 0.00890. The summed E-state index contributed by atoms with van der Waals surface area (Å²) in [6, 6.07) is 10.1. The summed E-state index contributed by atoms with van der Waals surface area (Å²) < 4.78 is 0. The summed E-state index contributed by atoms with van der Waals surface area (Å²) in [6.45, 7) is 2.47. The second-order valence-electron chi connectivity index (χ2n) is 5.06. The molecule has 0 amide bonds. The number of aromatic amines is 2. The lowest BCUT2D eigenvalue weighted by atomic mass is 10.2. The molecule has 3 aromatic rings. The maximum absolute atomic E-state index is 11.9. The first-order valence-corrected chi connectivity index (χ1v) is 7.20. The molecule has 7 N–H and O–H groups in total. The molecule has 2 heterocycles. The van der Waals surface area contributed by atoms with Gasteiger partial charge in [0.2, 0.25) is 5.95 Å². The molecule has 7 nitrogen and oxygen atoms in total. The van der Waals surface area contributed by atoms with E-state index in [0.717, 1.165) is 24.3 Å². The van der Waals surface area contributed by atoms with Gasteiger partial charge in [-0.15, -0.1) is 0 Å². The molecule has 0 aliphatic heterocycles. The van der Waals surface area contributed by atoms with Crippen LogP contribution in [0.15, 0.2) is 41.3 Å². The van der Waals surface area contributed by atoms with E-state index >= 15 is 0 Å². The molecule has 0 saturated carbocycles. The monoisotopic (exact) mass is 299 g/mol. The van der Waals surface area contributed by atoms with Gasteiger partial charge in [-0.2, -0.15) is 4.98 Å². The molecular weight excluding hydrogens is 280 g/mol. The Morgan fingerprint density at radius 2 is 2.09 bits per heavy atom. The maximum atomic E-state index is 11.9. The molecule has 3 rings (SSSR count). The zero-order valence-electron chi connectivity index (χ0n) is 12.1. The van der Waals surface area contributed by atoms with Crippen LogP contribution in [0.4, 0.5) is 11.6 Å². The Kier molecular flexibility index (Phi) is 4.06. The summed E-state index contributed by atoms with van der Waals surface area (Å²) in [5.74, 6) is 0.127. The average molecular weight is 299 g/mol. The third kappa shape index (κ3) is 3.09. The molecule has 0 atom stereocenters. The first-order valence-electron chi connectivity index (χ1n) is 7.20. The van der Waals surface area contributed by atoms with E-state index in [0.29, 0.717) is 17.6 Å². The van der Waals surface area contributed by atoms with Gasteiger partial charge in [0.15, 0.2) is 0 Å². The lowest BCUT2D eigenvalue weighted by Crippen LogP contribution is -2.83. The molecule has 22 heavy (non-hydrogen) atoms. The van der Waals surface area contributed by atoms with Crippen molar-refractivity contribution in [1.29, 1.82) is 0 Å². The van der Waals surface area contributed by atoms with Gasteiger partial charge < -0.3 is 21.4 Å². The number of hydrogen-bond donors (Lipinski definition) is 5. The Morgan fingerprint density at radius 3 is 2.91 bits per heavy atom. The first kappa shape index (κ1) is 14.2. The molecule has 0 aliphatic rings. The lowest BCUT2D eigenvalue weighted by Gasteiger charge is -2.05. The van der Waals surface area contributed by atoms with Gasteiger partial charge in [-0.05, 0) is 12.1 Å². The van der Waals surface area contributed by atoms with E-state index in [4.69, 9.17) is 5.73 Å². The number of rotatable bonds is 6. The Balaban J connectivity index is 1.55. The van der Waals surface area contributed by atoms with E-state index in [1.807, 2.05) is 36.5 Å². The summed E-state index contributed by atoms with van der Waals surface area (Å²) in [5, 5.41) is 6.08. The van der Waals surface area contributed by atoms with Crippen LogP contribution in [0.25, 0.3) is 11.0 Å². The minimum atomic E-state index is -0.199. The van der Waals surface area contributed by atoms with E-state index in [2.05, 4.69) is 25.6 Å². The number of nitrogens with two attached hydrogens (primary N) is 2. The summed E-state index contributed by atoms with van der Waals surface area (Å²) >= 11 is 0. The number of hydrogen-bond acceptors (Lipinski definition) is 4. The number of benzene rings is 1. The van der Waals surface area contributed by atoms with Crippen LogP contribution in [0.2, 0.25) is 0 Å². The molecule has 0 spiro atoms. The first-order chi connectivity index (χ1) is 10.7. The number of nitrogens with zero attached hydrogens (tertiary/aromatic N) is 1. The van der Waals surface area contributed by atoms with Gasteiger partial charge in [-0.1, -0.05) is 18.2 Å². The van der Waals surface area contributed by atoms with Crippen LogP contribution in [-0.4, -0.2) is 28.0 Å². The third-order valence-electron chi connectivity index (χ3n) is 3.46. The molecule has 0 bridgehead atoms. The van der Waals surface area contributed by atoms with Crippen molar-refractivity contribution in [3.05, 3.63) is 52.4 Å². The fourth-order valence-electron chi connectivity index (χ4n) is 2.41. The van der Waals surface area contributed by atoms with Crippen molar-refractivity contribution in [2.45, 2.75) is 6.54 Å².